The van der Waals surface area contributed by atoms with Crippen molar-refractivity contribution < 1.29 is 19.0 Å². The zero-order valence-electron chi connectivity index (χ0n) is 18.4. The summed E-state index contributed by atoms with van der Waals surface area (Å²) in [7, 11) is 0. The van der Waals surface area contributed by atoms with Crippen LogP contribution in [0.2, 0.25) is 0 Å². The number of carbonyl (C=O) groups excluding carboxylic acids is 1. The fourth-order valence-corrected chi connectivity index (χ4v) is 4.52. The molecule has 0 saturated carbocycles. The van der Waals surface area contributed by atoms with Gasteiger partial charge in [-0.15, -0.1) is 0 Å². The highest BCUT2D eigenvalue weighted by molar-refractivity contribution is 5.70. The first-order chi connectivity index (χ1) is 14.3. The molecule has 5 heteroatoms. The van der Waals surface area contributed by atoms with Gasteiger partial charge in [0.2, 0.25) is 0 Å². The maximum atomic E-state index is 12.0. The lowest BCUT2D eigenvalue weighted by molar-refractivity contribution is -0.155. The van der Waals surface area contributed by atoms with Crippen molar-refractivity contribution in [2.45, 2.75) is 57.5 Å². The Morgan fingerprint density at radius 2 is 2.17 bits per heavy atom. The van der Waals surface area contributed by atoms with E-state index in [1.807, 2.05) is 26.8 Å². The van der Waals surface area contributed by atoms with Gasteiger partial charge in [-0.2, -0.15) is 0 Å². The van der Waals surface area contributed by atoms with Crippen LogP contribution in [0.25, 0.3) is 0 Å². The first-order valence-corrected chi connectivity index (χ1v) is 11.0. The molecule has 1 atom stereocenters. The normalized spacial score (nSPS) is 23.2. The van der Waals surface area contributed by atoms with Gasteiger partial charge in [-0.1, -0.05) is 24.3 Å². The molecule has 4 rings (SSSR count). The molecule has 2 heterocycles. The fraction of sp³-hybridized carbons (Fsp3) is 0.560. The van der Waals surface area contributed by atoms with Crippen molar-refractivity contribution in [2.75, 3.05) is 32.8 Å². The second-order valence-corrected chi connectivity index (χ2v) is 9.67. The molecular formula is C25H33NO4. The molecular weight excluding hydrogens is 378 g/mol. The molecule has 0 amide bonds. The van der Waals surface area contributed by atoms with Crippen LogP contribution in [-0.2, 0) is 14.9 Å². The predicted octanol–water partition coefficient (Wildman–Crippen LogP) is 4.41. The van der Waals surface area contributed by atoms with E-state index in [9.17, 15) is 4.79 Å². The number of hydrogen-bond donors (Lipinski definition) is 0. The number of fused-ring (bicyclic) bond motifs is 2. The van der Waals surface area contributed by atoms with Crippen LogP contribution in [0.15, 0.2) is 42.0 Å². The maximum Gasteiger partial charge on any atom is 0.307 e. The van der Waals surface area contributed by atoms with Gasteiger partial charge in [-0.3, -0.25) is 4.79 Å². The van der Waals surface area contributed by atoms with Gasteiger partial charge in [0, 0.05) is 30.1 Å². The molecule has 30 heavy (non-hydrogen) atoms. The number of esters is 1. The highest BCUT2D eigenvalue weighted by atomic mass is 16.6. The van der Waals surface area contributed by atoms with Gasteiger partial charge in [0.25, 0.3) is 0 Å². The Balaban J connectivity index is 1.33. The van der Waals surface area contributed by atoms with Gasteiger partial charge in [0.15, 0.2) is 0 Å². The third-order valence-electron chi connectivity index (χ3n) is 6.04. The summed E-state index contributed by atoms with van der Waals surface area (Å²) < 4.78 is 17.5. The number of hydrogen-bond acceptors (Lipinski definition) is 5. The molecule has 1 aliphatic carbocycles. The summed E-state index contributed by atoms with van der Waals surface area (Å²) in [6, 6.07) is 6.27. The molecule has 0 radical (unpaired) electrons. The van der Waals surface area contributed by atoms with E-state index >= 15 is 0 Å². The number of carbonyl (C=O) groups is 1. The molecule has 0 aromatic heterocycles. The van der Waals surface area contributed by atoms with E-state index in [-0.39, 0.29) is 11.4 Å². The smallest absolute Gasteiger partial charge is 0.307 e. The molecule has 1 saturated heterocycles. The van der Waals surface area contributed by atoms with E-state index in [4.69, 9.17) is 14.2 Å². The van der Waals surface area contributed by atoms with Crippen molar-refractivity contribution in [2.24, 2.45) is 0 Å². The van der Waals surface area contributed by atoms with Crippen LogP contribution in [0.5, 0.6) is 11.5 Å². The summed E-state index contributed by atoms with van der Waals surface area (Å²) in [6.07, 6.45) is 10.1. The van der Waals surface area contributed by atoms with Gasteiger partial charge in [0.05, 0.1) is 13.0 Å². The lowest BCUT2D eigenvalue weighted by Crippen LogP contribution is -2.34. The highest BCUT2D eigenvalue weighted by Crippen LogP contribution is 2.46. The number of likely N-dealkylation sites (tertiary alicyclic amines) is 1. The van der Waals surface area contributed by atoms with Crippen molar-refractivity contribution in [1.29, 1.82) is 0 Å². The summed E-state index contributed by atoms with van der Waals surface area (Å²) in [6.45, 7) is 9.68. The minimum Gasteiger partial charge on any atom is -0.492 e. The Labute approximate surface area is 179 Å². The Kier molecular flexibility index (Phi) is 5.92. The number of allylic oxidation sites excluding steroid dienone is 3. The summed E-state index contributed by atoms with van der Waals surface area (Å²) in [5.41, 5.74) is 2.20. The number of benzene rings is 1. The van der Waals surface area contributed by atoms with Gasteiger partial charge in [0.1, 0.15) is 23.7 Å². The molecule has 1 unspecified atom stereocenters. The van der Waals surface area contributed by atoms with E-state index in [2.05, 4.69) is 35.3 Å². The first kappa shape index (κ1) is 21.0. The van der Waals surface area contributed by atoms with Gasteiger partial charge in [-0.25, -0.2) is 0 Å². The summed E-state index contributed by atoms with van der Waals surface area (Å²) in [4.78, 5) is 14.4. The molecule has 5 nitrogen and oxygen atoms in total. The minimum atomic E-state index is -0.425. The molecule has 1 aromatic rings. The van der Waals surface area contributed by atoms with E-state index in [1.165, 1.54) is 11.1 Å². The predicted molar refractivity (Wildman–Crippen MR) is 117 cm³/mol. The van der Waals surface area contributed by atoms with Crippen molar-refractivity contribution in [1.82, 2.24) is 4.90 Å². The second kappa shape index (κ2) is 8.46. The van der Waals surface area contributed by atoms with E-state index in [1.54, 1.807) is 0 Å². The Morgan fingerprint density at radius 3 is 2.93 bits per heavy atom. The third-order valence-corrected chi connectivity index (χ3v) is 6.04. The van der Waals surface area contributed by atoms with Crippen molar-refractivity contribution >= 4 is 5.97 Å². The monoisotopic (exact) mass is 411 g/mol. The third kappa shape index (κ3) is 4.89. The van der Waals surface area contributed by atoms with Crippen LogP contribution in [0.3, 0.4) is 0 Å². The Bertz CT molecular complexity index is 851. The van der Waals surface area contributed by atoms with Gasteiger partial charge >= 0.3 is 5.97 Å². The minimum absolute atomic E-state index is 0.0263. The highest BCUT2D eigenvalue weighted by Gasteiger charge is 2.46. The molecule has 3 aliphatic rings. The second-order valence-electron chi connectivity index (χ2n) is 9.67. The van der Waals surface area contributed by atoms with Crippen molar-refractivity contribution in [3.05, 3.63) is 47.6 Å². The van der Waals surface area contributed by atoms with Crippen molar-refractivity contribution in [3.63, 3.8) is 0 Å². The molecule has 1 aromatic carbocycles. The maximum absolute atomic E-state index is 12.0. The number of ether oxygens (including phenoxy) is 3. The van der Waals surface area contributed by atoms with Crippen LogP contribution < -0.4 is 9.47 Å². The topological polar surface area (TPSA) is 48.0 Å². The van der Waals surface area contributed by atoms with Gasteiger partial charge < -0.3 is 19.1 Å². The zero-order valence-corrected chi connectivity index (χ0v) is 18.4. The molecule has 0 bridgehead atoms. The average Bonchev–Trinajstić information content (AvgIpc) is 3.29. The molecule has 162 valence electrons. The Hall–Kier alpha value is -2.27. The van der Waals surface area contributed by atoms with Crippen LogP contribution in [0.4, 0.5) is 0 Å². The van der Waals surface area contributed by atoms with E-state index in [0.717, 1.165) is 50.4 Å². The molecule has 1 fully saturated rings. The standard InChI is InChI=1S/C25H33NO4/c1-24(2,3)30-23(27)11-13-26-14-12-25(17-26)18-29-22-15-20(9-10-21(22)25)28-16-19-7-5-4-6-8-19/h4-5,7,9-10,15H,6,8,11-14,16-18H2,1-3H3. The first-order valence-electron chi connectivity index (χ1n) is 11.0. The fourth-order valence-electron chi connectivity index (χ4n) is 4.52. The average molecular weight is 412 g/mol. The van der Waals surface area contributed by atoms with Crippen LogP contribution in [0.1, 0.15) is 52.0 Å². The van der Waals surface area contributed by atoms with Gasteiger partial charge in [-0.05, 0) is 58.2 Å². The van der Waals surface area contributed by atoms with Crippen LogP contribution >= 0.6 is 0 Å². The van der Waals surface area contributed by atoms with Crippen LogP contribution in [0, 0.1) is 0 Å². The van der Waals surface area contributed by atoms with E-state index in [0.29, 0.717) is 19.6 Å². The number of rotatable bonds is 6. The summed E-state index contributed by atoms with van der Waals surface area (Å²) in [5.74, 6) is 1.68. The summed E-state index contributed by atoms with van der Waals surface area (Å²) in [5, 5.41) is 0. The Morgan fingerprint density at radius 1 is 1.30 bits per heavy atom. The zero-order chi connectivity index (χ0) is 21.2. The summed E-state index contributed by atoms with van der Waals surface area (Å²) >= 11 is 0. The molecule has 2 aliphatic heterocycles. The number of nitrogens with zero attached hydrogens (tertiary/aromatic N) is 1. The molecule has 0 N–H and O–H groups in total. The quantitative estimate of drug-likeness (QED) is 0.649. The van der Waals surface area contributed by atoms with Crippen LogP contribution in [-0.4, -0.2) is 49.3 Å². The SMILES string of the molecule is CC(C)(C)OC(=O)CCN1CCC2(COc3cc(OCC4=CC=CCC4)ccc32)C1. The lowest BCUT2D eigenvalue weighted by atomic mass is 9.82. The van der Waals surface area contributed by atoms with Crippen molar-refractivity contribution in [3.8, 4) is 11.5 Å². The van der Waals surface area contributed by atoms with E-state index < -0.39 is 5.60 Å². The lowest BCUT2D eigenvalue weighted by Gasteiger charge is -2.24. The largest absolute Gasteiger partial charge is 0.492 e. The molecule has 1 spiro atoms.